The van der Waals surface area contributed by atoms with E-state index in [1.165, 1.54) is 11.3 Å². The molecule has 0 aliphatic heterocycles. The fraction of sp³-hybridized carbons (Fsp3) is 0.375. The first-order valence-electron chi connectivity index (χ1n) is 6.80. The van der Waals surface area contributed by atoms with Crippen LogP contribution in [0.5, 0.6) is 5.75 Å². The van der Waals surface area contributed by atoms with Gasteiger partial charge in [0.2, 0.25) is 0 Å². The largest absolute Gasteiger partial charge is 0.497 e. The van der Waals surface area contributed by atoms with Crippen LogP contribution in [0.4, 0.5) is 0 Å². The Morgan fingerprint density at radius 3 is 2.60 bits per heavy atom. The van der Waals surface area contributed by atoms with Crippen molar-refractivity contribution >= 4 is 0 Å². The number of rotatable bonds is 8. The van der Waals surface area contributed by atoms with Gasteiger partial charge >= 0.3 is 0 Å². The summed E-state index contributed by atoms with van der Waals surface area (Å²) in [6.07, 6.45) is 2.11. The molecule has 1 aromatic carbocycles. The molecule has 0 aliphatic rings. The highest BCUT2D eigenvalue weighted by Gasteiger charge is 2.02. The zero-order valence-corrected chi connectivity index (χ0v) is 12.1. The maximum Gasteiger partial charge on any atom is 0.118 e. The average molecular weight is 274 g/mol. The first-order valence-corrected chi connectivity index (χ1v) is 6.80. The van der Waals surface area contributed by atoms with Crippen molar-refractivity contribution in [3.05, 3.63) is 53.9 Å². The van der Waals surface area contributed by atoms with E-state index in [1.54, 1.807) is 14.2 Å². The predicted octanol–water partition coefficient (Wildman–Crippen LogP) is 2.28. The van der Waals surface area contributed by atoms with Gasteiger partial charge in [0, 0.05) is 38.6 Å². The summed E-state index contributed by atoms with van der Waals surface area (Å²) < 4.78 is 12.5. The van der Waals surface area contributed by atoms with Gasteiger partial charge in [-0.3, -0.25) is 0 Å². The van der Waals surface area contributed by atoms with Crippen molar-refractivity contribution in [2.24, 2.45) is 0 Å². The lowest BCUT2D eigenvalue weighted by Gasteiger charge is -2.11. The summed E-state index contributed by atoms with van der Waals surface area (Å²) >= 11 is 0. The Hall–Kier alpha value is -1.78. The zero-order chi connectivity index (χ0) is 14.2. The van der Waals surface area contributed by atoms with E-state index in [0.717, 1.165) is 32.0 Å². The number of hydrogen-bond donors (Lipinski definition) is 1. The van der Waals surface area contributed by atoms with Crippen molar-refractivity contribution in [1.82, 2.24) is 9.88 Å². The zero-order valence-electron chi connectivity index (χ0n) is 12.1. The smallest absolute Gasteiger partial charge is 0.118 e. The van der Waals surface area contributed by atoms with Gasteiger partial charge in [0.15, 0.2) is 0 Å². The van der Waals surface area contributed by atoms with E-state index >= 15 is 0 Å². The van der Waals surface area contributed by atoms with Gasteiger partial charge in [-0.25, -0.2) is 0 Å². The second kappa shape index (κ2) is 7.72. The summed E-state index contributed by atoms with van der Waals surface area (Å²) in [5.41, 5.74) is 2.54. The summed E-state index contributed by atoms with van der Waals surface area (Å²) in [5, 5.41) is 3.37. The highest BCUT2D eigenvalue weighted by Crippen LogP contribution is 2.13. The minimum Gasteiger partial charge on any atom is -0.497 e. The Kier molecular flexibility index (Phi) is 5.65. The molecule has 0 atom stereocenters. The van der Waals surface area contributed by atoms with Crippen LogP contribution in [0.15, 0.2) is 42.6 Å². The lowest BCUT2D eigenvalue weighted by molar-refractivity contribution is 0.199. The van der Waals surface area contributed by atoms with Crippen molar-refractivity contribution in [2.75, 3.05) is 27.4 Å². The standard InChI is InChI=1S/C16H22N2O2/c1-19-11-9-17-12-15-4-3-10-18(15)13-14-5-7-16(20-2)8-6-14/h3-8,10,17H,9,11-13H2,1-2H3. The van der Waals surface area contributed by atoms with E-state index in [0.29, 0.717) is 0 Å². The number of aromatic nitrogens is 1. The van der Waals surface area contributed by atoms with E-state index in [-0.39, 0.29) is 0 Å². The fourth-order valence-electron chi connectivity index (χ4n) is 2.08. The van der Waals surface area contributed by atoms with E-state index in [4.69, 9.17) is 9.47 Å². The summed E-state index contributed by atoms with van der Waals surface area (Å²) in [6, 6.07) is 12.4. The summed E-state index contributed by atoms with van der Waals surface area (Å²) in [5.74, 6) is 0.891. The number of nitrogens with one attached hydrogen (secondary N) is 1. The van der Waals surface area contributed by atoms with Crippen molar-refractivity contribution in [3.63, 3.8) is 0 Å². The van der Waals surface area contributed by atoms with Gasteiger partial charge < -0.3 is 19.4 Å². The van der Waals surface area contributed by atoms with Crippen LogP contribution in [-0.4, -0.2) is 31.9 Å². The highest BCUT2D eigenvalue weighted by molar-refractivity contribution is 5.27. The van der Waals surface area contributed by atoms with Crippen molar-refractivity contribution in [1.29, 1.82) is 0 Å². The number of hydrogen-bond acceptors (Lipinski definition) is 3. The molecule has 0 aliphatic carbocycles. The normalized spacial score (nSPS) is 10.7. The lowest BCUT2D eigenvalue weighted by Crippen LogP contribution is -2.20. The molecule has 4 heteroatoms. The second-order valence-corrected chi connectivity index (χ2v) is 4.65. The van der Waals surface area contributed by atoms with Gasteiger partial charge in [0.25, 0.3) is 0 Å². The Bertz CT molecular complexity index is 505. The average Bonchev–Trinajstić information content (AvgIpc) is 2.92. The van der Waals surface area contributed by atoms with Crippen LogP contribution < -0.4 is 10.1 Å². The monoisotopic (exact) mass is 274 g/mol. The topological polar surface area (TPSA) is 35.4 Å². The third-order valence-electron chi connectivity index (χ3n) is 3.22. The third kappa shape index (κ3) is 4.11. The number of methoxy groups -OCH3 is 2. The van der Waals surface area contributed by atoms with E-state index in [9.17, 15) is 0 Å². The molecule has 20 heavy (non-hydrogen) atoms. The Labute approximate surface area is 120 Å². The van der Waals surface area contributed by atoms with Gasteiger partial charge in [0.05, 0.1) is 13.7 Å². The van der Waals surface area contributed by atoms with Crippen LogP contribution in [0.3, 0.4) is 0 Å². The fourth-order valence-corrected chi connectivity index (χ4v) is 2.08. The first-order chi connectivity index (χ1) is 9.83. The van der Waals surface area contributed by atoms with E-state index < -0.39 is 0 Å². The molecule has 0 spiro atoms. The molecular formula is C16H22N2O2. The molecule has 0 saturated carbocycles. The van der Waals surface area contributed by atoms with Crippen molar-refractivity contribution < 1.29 is 9.47 Å². The van der Waals surface area contributed by atoms with Crippen LogP contribution in [-0.2, 0) is 17.8 Å². The lowest BCUT2D eigenvalue weighted by atomic mass is 10.2. The summed E-state index contributed by atoms with van der Waals surface area (Å²) in [6.45, 7) is 3.33. The van der Waals surface area contributed by atoms with Crippen LogP contribution in [0.1, 0.15) is 11.3 Å². The van der Waals surface area contributed by atoms with Crippen LogP contribution in [0, 0.1) is 0 Å². The number of nitrogens with zero attached hydrogens (tertiary/aromatic N) is 1. The van der Waals surface area contributed by atoms with Gasteiger partial charge in [-0.1, -0.05) is 12.1 Å². The van der Waals surface area contributed by atoms with Crippen LogP contribution in [0.2, 0.25) is 0 Å². The molecule has 0 radical (unpaired) electrons. The van der Waals surface area contributed by atoms with E-state index in [1.807, 2.05) is 12.1 Å². The van der Waals surface area contributed by atoms with Crippen molar-refractivity contribution in [2.45, 2.75) is 13.1 Å². The number of ether oxygens (including phenoxy) is 2. The molecule has 0 unspecified atom stereocenters. The molecule has 1 N–H and O–H groups in total. The Balaban J connectivity index is 1.93. The van der Waals surface area contributed by atoms with Crippen LogP contribution >= 0.6 is 0 Å². The molecule has 108 valence electrons. The van der Waals surface area contributed by atoms with Gasteiger partial charge in [-0.05, 0) is 29.8 Å². The first kappa shape index (κ1) is 14.6. The molecule has 0 fully saturated rings. The third-order valence-corrected chi connectivity index (χ3v) is 3.22. The molecule has 0 amide bonds. The molecule has 2 rings (SSSR count). The highest BCUT2D eigenvalue weighted by atomic mass is 16.5. The molecule has 0 saturated heterocycles. The number of benzene rings is 1. The maximum atomic E-state index is 5.18. The second-order valence-electron chi connectivity index (χ2n) is 4.65. The Morgan fingerprint density at radius 1 is 1.10 bits per heavy atom. The van der Waals surface area contributed by atoms with E-state index in [2.05, 4.69) is 40.3 Å². The molecule has 2 aromatic rings. The van der Waals surface area contributed by atoms with Crippen LogP contribution in [0.25, 0.3) is 0 Å². The van der Waals surface area contributed by atoms with Gasteiger partial charge in [-0.15, -0.1) is 0 Å². The molecular weight excluding hydrogens is 252 g/mol. The summed E-state index contributed by atoms with van der Waals surface area (Å²) in [4.78, 5) is 0. The molecule has 0 bridgehead atoms. The SMILES string of the molecule is COCCNCc1cccn1Cc1ccc(OC)cc1. The summed E-state index contributed by atoms with van der Waals surface area (Å²) in [7, 11) is 3.40. The molecule has 1 aromatic heterocycles. The molecule has 1 heterocycles. The quantitative estimate of drug-likeness (QED) is 0.750. The van der Waals surface area contributed by atoms with Gasteiger partial charge in [0.1, 0.15) is 5.75 Å². The van der Waals surface area contributed by atoms with Gasteiger partial charge in [-0.2, -0.15) is 0 Å². The van der Waals surface area contributed by atoms with Crippen molar-refractivity contribution in [3.8, 4) is 5.75 Å². The maximum absolute atomic E-state index is 5.18. The Morgan fingerprint density at radius 2 is 1.90 bits per heavy atom. The minimum absolute atomic E-state index is 0.735. The molecule has 4 nitrogen and oxygen atoms in total. The minimum atomic E-state index is 0.735. The predicted molar refractivity (Wildman–Crippen MR) is 80.1 cm³/mol.